The summed E-state index contributed by atoms with van der Waals surface area (Å²) in [7, 11) is 1.84. The van der Waals surface area contributed by atoms with Gasteiger partial charge in [-0.2, -0.15) is 4.37 Å². The Morgan fingerprint density at radius 2 is 2.44 bits per heavy atom. The van der Waals surface area contributed by atoms with Crippen LogP contribution in [0.25, 0.3) is 0 Å². The summed E-state index contributed by atoms with van der Waals surface area (Å²) in [6.07, 6.45) is 1.95. The van der Waals surface area contributed by atoms with Crippen molar-refractivity contribution in [2.45, 2.75) is 5.16 Å². The number of hydrogen-bond acceptors (Lipinski definition) is 4. The first kappa shape index (κ1) is 6.82. The van der Waals surface area contributed by atoms with Crippen LogP contribution in [-0.2, 0) is 7.05 Å². The summed E-state index contributed by atoms with van der Waals surface area (Å²) < 4.78 is 5.77. The zero-order valence-electron chi connectivity index (χ0n) is 5.21. The number of nitrogens with zero attached hydrogens (tertiary/aromatic N) is 2. The Balaban J connectivity index is 3.20. The second kappa shape index (κ2) is 2.53. The Bertz CT molecular complexity index is 249. The molecular weight excluding hydrogens is 154 g/mol. The van der Waals surface area contributed by atoms with E-state index in [1.807, 2.05) is 13.3 Å². The van der Waals surface area contributed by atoms with Crippen LogP contribution in [0.1, 0.15) is 0 Å². The van der Waals surface area contributed by atoms with Crippen LogP contribution in [-0.4, -0.2) is 15.2 Å². The molecule has 0 atom stereocenters. The summed E-state index contributed by atoms with van der Waals surface area (Å²) in [4.78, 5) is 0.499. The topological polar surface area (TPSA) is 41.7 Å². The van der Waals surface area contributed by atoms with Gasteiger partial charge in [0.1, 0.15) is 0 Å². The Hall–Kier alpha value is -0.290. The standard InChI is InChI=1S/C4H7N3S2/c1-7-3(5)9-6-4(7)8-2/h5H,1-2H3. The average Bonchev–Trinajstić information content (AvgIpc) is 2.15. The van der Waals surface area contributed by atoms with Gasteiger partial charge in [-0.3, -0.25) is 9.98 Å². The van der Waals surface area contributed by atoms with E-state index in [0.29, 0.717) is 4.80 Å². The lowest BCUT2D eigenvalue weighted by Gasteiger charge is -1.91. The molecule has 0 spiro atoms. The van der Waals surface area contributed by atoms with Gasteiger partial charge in [-0.25, -0.2) is 0 Å². The fourth-order valence-corrected chi connectivity index (χ4v) is 1.79. The molecular formula is C4H7N3S2. The van der Waals surface area contributed by atoms with Crippen LogP contribution in [0.4, 0.5) is 0 Å². The number of thioether (sulfide) groups is 1. The van der Waals surface area contributed by atoms with Crippen molar-refractivity contribution in [1.29, 1.82) is 5.41 Å². The molecule has 3 nitrogen and oxygen atoms in total. The first-order chi connectivity index (χ1) is 4.25. The molecule has 0 aliphatic carbocycles. The molecule has 0 fully saturated rings. The molecule has 5 heteroatoms. The molecule has 1 rings (SSSR count). The second-order valence-electron chi connectivity index (χ2n) is 1.53. The van der Waals surface area contributed by atoms with E-state index in [0.717, 1.165) is 5.16 Å². The molecule has 0 bridgehead atoms. The largest absolute Gasteiger partial charge is 0.298 e. The van der Waals surface area contributed by atoms with Crippen LogP contribution in [0.5, 0.6) is 0 Å². The van der Waals surface area contributed by atoms with Gasteiger partial charge in [-0.05, 0) is 6.26 Å². The van der Waals surface area contributed by atoms with Gasteiger partial charge < -0.3 is 0 Å². The van der Waals surface area contributed by atoms with E-state index in [4.69, 9.17) is 5.41 Å². The highest BCUT2D eigenvalue weighted by Gasteiger charge is 1.97. The quantitative estimate of drug-likeness (QED) is 0.615. The minimum atomic E-state index is 0.499. The summed E-state index contributed by atoms with van der Waals surface area (Å²) >= 11 is 2.77. The van der Waals surface area contributed by atoms with Crippen molar-refractivity contribution in [3.05, 3.63) is 4.80 Å². The normalized spacial score (nSPS) is 10.0. The highest BCUT2D eigenvalue weighted by Crippen LogP contribution is 2.07. The van der Waals surface area contributed by atoms with Gasteiger partial charge in [0.25, 0.3) is 0 Å². The van der Waals surface area contributed by atoms with Crippen LogP contribution in [0.15, 0.2) is 5.16 Å². The number of hydrogen-bond donors (Lipinski definition) is 1. The molecule has 0 saturated heterocycles. The van der Waals surface area contributed by atoms with Crippen molar-refractivity contribution in [3.63, 3.8) is 0 Å². The zero-order valence-corrected chi connectivity index (χ0v) is 6.84. The molecule has 0 aliphatic rings. The lowest BCUT2D eigenvalue weighted by Crippen LogP contribution is -2.08. The number of aromatic nitrogens is 2. The van der Waals surface area contributed by atoms with Gasteiger partial charge in [0.05, 0.1) is 0 Å². The van der Waals surface area contributed by atoms with E-state index in [1.54, 1.807) is 16.3 Å². The molecule has 0 radical (unpaired) electrons. The second-order valence-corrected chi connectivity index (χ2v) is 3.06. The maximum atomic E-state index is 7.25. The molecule has 1 N–H and O–H groups in total. The van der Waals surface area contributed by atoms with Gasteiger partial charge in [0, 0.05) is 18.6 Å². The molecule has 1 heterocycles. The van der Waals surface area contributed by atoms with E-state index in [1.165, 1.54) is 11.5 Å². The lowest BCUT2D eigenvalue weighted by molar-refractivity contribution is 0.744. The Morgan fingerprint density at radius 3 is 2.67 bits per heavy atom. The van der Waals surface area contributed by atoms with Gasteiger partial charge in [-0.15, -0.1) is 0 Å². The Kier molecular flexibility index (Phi) is 1.92. The molecule has 0 aliphatic heterocycles. The van der Waals surface area contributed by atoms with Crippen LogP contribution >= 0.6 is 23.3 Å². The predicted octanol–water partition coefficient (Wildman–Crippen LogP) is 0.683. The fourth-order valence-electron chi connectivity index (χ4n) is 0.466. The third-order valence-electron chi connectivity index (χ3n) is 0.984. The smallest absolute Gasteiger partial charge is 0.201 e. The summed E-state index contributed by atoms with van der Waals surface area (Å²) in [5.41, 5.74) is 0. The molecule has 1 aromatic heterocycles. The van der Waals surface area contributed by atoms with Gasteiger partial charge in [0.15, 0.2) is 5.16 Å². The van der Waals surface area contributed by atoms with Crippen molar-refractivity contribution in [3.8, 4) is 0 Å². The van der Waals surface area contributed by atoms with E-state index in [-0.39, 0.29) is 0 Å². The first-order valence-electron chi connectivity index (χ1n) is 2.37. The van der Waals surface area contributed by atoms with Crippen LogP contribution in [0.3, 0.4) is 0 Å². The Morgan fingerprint density at radius 1 is 1.78 bits per heavy atom. The summed E-state index contributed by atoms with van der Waals surface area (Å²) in [5.74, 6) is 0. The molecule has 0 amide bonds. The first-order valence-corrected chi connectivity index (χ1v) is 4.37. The zero-order chi connectivity index (χ0) is 6.85. The molecule has 0 unspecified atom stereocenters. The van der Waals surface area contributed by atoms with Crippen LogP contribution in [0.2, 0.25) is 0 Å². The van der Waals surface area contributed by atoms with Crippen molar-refractivity contribution in [2.75, 3.05) is 6.26 Å². The van der Waals surface area contributed by atoms with E-state index < -0.39 is 0 Å². The monoisotopic (exact) mass is 161 g/mol. The van der Waals surface area contributed by atoms with Gasteiger partial charge in [0.2, 0.25) is 4.80 Å². The van der Waals surface area contributed by atoms with Crippen LogP contribution in [0, 0.1) is 5.41 Å². The van der Waals surface area contributed by atoms with Crippen molar-refractivity contribution in [1.82, 2.24) is 8.94 Å². The molecule has 9 heavy (non-hydrogen) atoms. The molecule has 0 aromatic carbocycles. The maximum absolute atomic E-state index is 7.25. The van der Waals surface area contributed by atoms with Crippen molar-refractivity contribution in [2.24, 2.45) is 7.05 Å². The number of nitrogens with one attached hydrogen (secondary N) is 1. The predicted molar refractivity (Wildman–Crippen MR) is 38.7 cm³/mol. The van der Waals surface area contributed by atoms with Gasteiger partial charge >= 0.3 is 0 Å². The third-order valence-corrected chi connectivity index (χ3v) is 2.54. The van der Waals surface area contributed by atoms with Crippen molar-refractivity contribution >= 4 is 23.3 Å². The van der Waals surface area contributed by atoms with E-state index in [2.05, 4.69) is 4.37 Å². The fraction of sp³-hybridized carbons (Fsp3) is 0.500. The summed E-state index contributed by atoms with van der Waals surface area (Å²) in [6, 6.07) is 0. The van der Waals surface area contributed by atoms with E-state index >= 15 is 0 Å². The molecule has 50 valence electrons. The highest BCUT2D eigenvalue weighted by atomic mass is 32.2. The summed E-state index contributed by atoms with van der Waals surface area (Å²) in [6.45, 7) is 0. The Labute approximate surface area is 61.4 Å². The maximum Gasteiger partial charge on any atom is 0.201 e. The van der Waals surface area contributed by atoms with E-state index in [9.17, 15) is 0 Å². The van der Waals surface area contributed by atoms with Crippen LogP contribution < -0.4 is 4.80 Å². The average molecular weight is 161 g/mol. The summed E-state index contributed by atoms with van der Waals surface area (Å²) in [5, 5.41) is 8.16. The SMILES string of the molecule is CSc1nsc(=N)n1C. The van der Waals surface area contributed by atoms with Crippen molar-refractivity contribution < 1.29 is 0 Å². The number of rotatable bonds is 1. The third kappa shape index (κ3) is 1.16. The lowest BCUT2D eigenvalue weighted by atomic mass is 11.1. The molecule has 0 saturated carbocycles. The minimum Gasteiger partial charge on any atom is -0.298 e. The van der Waals surface area contributed by atoms with Gasteiger partial charge in [-0.1, -0.05) is 11.8 Å². The molecule has 1 aromatic rings. The minimum absolute atomic E-state index is 0.499. The highest BCUT2D eigenvalue weighted by molar-refractivity contribution is 7.98.